The van der Waals surface area contributed by atoms with Crippen molar-refractivity contribution in [2.24, 2.45) is 0 Å². The fraction of sp³-hybridized carbons (Fsp3) is 0.286. The number of rotatable bonds is 6. The van der Waals surface area contributed by atoms with Crippen molar-refractivity contribution in [3.63, 3.8) is 0 Å². The van der Waals surface area contributed by atoms with E-state index < -0.39 is 0 Å². The van der Waals surface area contributed by atoms with Gasteiger partial charge < -0.3 is 16.0 Å². The fourth-order valence-corrected chi connectivity index (χ4v) is 1.69. The third-order valence-electron chi connectivity index (χ3n) is 2.76. The van der Waals surface area contributed by atoms with E-state index in [1.54, 1.807) is 6.33 Å². The molecule has 5 nitrogen and oxygen atoms in total. The molecule has 2 rings (SSSR count). The molecule has 3 N–H and O–H groups in total. The SMILES string of the molecule is CNCCNc1cc(Nc2ccccc2C)ncn1. The highest BCUT2D eigenvalue weighted by atomic mass is 15.1. The largest absolute Gasteiger partial charge is 0.369 e. The third-order valence-corrected chi connectivity index (χ3v) is 2.76. The first-order valence-corrected chi connectivity index (χ1v) is 6.33. The molecular formula is C14H19N5. The summed E-state index contributed by atoms with van der Waals surface area (Å²) >= 11 is 0. The van der Waals surface area contributed by atoms with Gasteiger partial charge in [0.05, 0.1) is 0 Å². The Morgan fingerprint density at radius 1 is 1.05 bits per heavy atom. The molecule has 19 heavy (non-hydrogen) atoms. The van der Waals surface area contributed by atoms with E-state index >= 15 is 0 Å². The standard InChI is InChI=1S/C14H19N5/c1-11-5-3-4-6-12(11)19-14-9-13(17-10-18-14)16-8-7-15-2/h3-6,9-10,15H,7-8H2,1-2H3,(H2,16,17,18,19). The summed E-state index contributed by atoms with van der Waals surface area (Å²) in [6, 6.07) is 10.0. The number of nitrogens with one attached hydrogen (secondary N) is 3. The molecule has 0 saturated carbocycles. The van der Waals surface area contributed by atoms with Crippen molar-refractivity contribution in [1.29, 1.82) is 0 Å². The lowest BCUT2D eigenvalue weighted by atomic mass is 10.2. The van der Waals surface area contributed by atoms with Gasteiger partial charge in [-0.25, -0.2) is 9.97 Å². The Morgan fingerprint density at radius 3 is 2.63 bits per heavy atom. The van der Waals surface area contributed by atoms with Crippen LogP contribution in [0.1, 0.15) is 5.56 Å². The third kappa shape index (κ3) is 3.93. The molecule has 0 saturated heterocycles. The van der Waals surface area contributed by atoms with Crippen molar-refractivity contribution in [1.82, 2.24) is 15.3 Å². The molecule has 100 valence electrons. The number of para-hydroxylation sites is 1. The van der Waals surface area contributed by atoms with E-state index in [1.165, 1.54) is 5.56 Å². The second-order valence-electron chi connectivity index (χ2n) is 4.26. The topological polar surface area (TPSA) is 61.9 Å². The first kappa shape index (κ1) is 13.3. The zero-order chi connectivity index (χ0) is 13.5. The van der Waals surface area contributed by atoms with Gasteiger partial charge in [-0.1, -0.05) is 18.2 Å². The molecular weight excluding hydrogens is 238 g/mol. The molecule has 1 heterocycles. The van der Waals surface area contributed by atoms with Crippen LogP contribution in [0.5, 0.6) is 0 Å². The molecule has 1 aromatic carbocycles. The number of aryl methyl sites for hydroxylation is 1. The number of likely N-dealkylation sites (N-methyl/N-ethyl adjacent to an activating group) is 1. The van der Waals surface area contributed by atoms with Crippen LogP contribution in [0.4, 0.5) is 17.3 Å². The molecule has 2 aromatic rings. The smallest absolute Gasteiger partial charge is 0.135 e. The normalized spacial score (nSPS) is 10.2. The summed E-state index contributed by atoms with van der Waals surface area (Å²) < 4.78 is 0. The lowest BCUT2D eigenvalue weighted by Crippen LogP contribution is -2.18. The zero-order valence-electron chi connectivity index (χ0n) is 11.3. The Hall–Kier alpha value is -2.14. The lowest BCUT2D eigenvalue weighted by molar-refractivity contribution is 0.821. The lowest BCUT2D eigenvalue weighted by Gasteiger charge is -2.10. The van der Waals surface area contributed by atoms with E-state index in [0.29, 0.717) is 0 Å². The molecule has 5 heteroatoms. The minimum Gasteiger partial charge on any atom is -0.369 e. The van der Waals surface area contributed by atoms with Gasteiger partial charge in [0.1, 0.15) is 18.0 Å². The van der Waals surface area contributed by atoms with Crippen LogP contribution in [-0.2, 0) is 0 Å². The minimum atomic E-state index is 0.788. The van der Waals surface area contributed by atoms with Gasteiger partial charge in [-0.05, 0) is 25.6 Å². The molecule has 0 atom stereocenters. The number of hydrogen-bond donors (Lipinski definition) is 3. The van der Waals surface area contributed by atoms with Gasteiger partial charge in [0.25, 0.3) is 0 Å². The maximum absolute atomic E-state index is 4.23. The van der Waals surface area contributed by atoms with E-state index in [1.807, 2.05) is 31.3 Å². The van der Waals surface area contributed by atoms with Gasteiger partial charge >= 0.3 is 0 Å². The molecule has 0 aliphatic carbocycles. The van der Waals surface area contributed by atoms with Gasteiger partial charge in [0.2, 0.25) is 0 Å². The summed E-state index contributed by atoms with van der Waals surface area (Å²) in [7, 11) is 1.92. The van der Waals surface area contributed by atoms with E-state index in [-0.39, 0.29) is 0 Å². The predicted molar refractivity (Wildman–Crippen MR) is 78.9 cm³/mol. The molecule has 0 spiro atoms. The quantitative estimate of drug-likeness (QED) is 0.692. The van der Waals surface area contributed by atoms with Crippen molar-refractivity contribution >= 4 is 17.3 Å². The summed E-state index contributed by atoms with van der Waals surface area (Å²) in [5, 5.41) is 9.61. The van der Waals surface area contributed by atoms with Gasteiger partial charge in [-0.3, -0.25) is 0 Å². The number of benzene rings is 1. The van der Waals surface area contributed by atoms with E-state index in [0.717, 1.165) is 30.4 Å². The van der Waals surface area contributed by atoms with E-state index in [2.05, 4.69) is 38.9 Å². The Balaban J connectivity index is 2.05. The Labute approximate surface area is 113 Å². The second-order valence-corrected chi connectivity index (χ2v) is 4.26. The van der Waals surface area contributed by atoms with E-state index in [4.69, 9.17) is 0 Å². The number of anilines is 3. The fourth-order valence-electron chi connectivity index (χ4n) is 1.69. The van der Waals surface area contributed by atoms with Crippen LogP contribution in [0, 0.1) is 6.92 Å². The van der Waals surface area contributed by atoms with Crippen molar-refractivity contribution < 1.29 is 0 Å². The van der Waals surface area contributed by atoms with Gasteiger partial charge in [0, 0.05) is 24.8 Å². The molecule has 0 amide bonds. The Kier molecular flexibility index (Phi) is 4.69. The highest BCUT2D eigenvalue weighted by Gasteiger charge is 2.01. The summed E-state index contributed by atoms with van der Waals surface area (Å²) in [4.78, 5) is 8.41. The highest BCUT2D eigenvalue weighted by molar-refractivity contribution is 5.61. The van der Waals surface area contributed by atoms with Crippen molar-refractivity contribution in [2.45, 2.75) is 6.92 Å². The first-order valence-electron chi connectivity index (χ1n) is 6.33. The zero-order valence-corrected chi connectivity index (χ0v) is 11.3. The molecule has 0 bridgehead atoms. The van der Waals surface area contributed by atoms with E-state index in [9.17, 15) is 0 Å². The average Bonchev–Trinajstić information content (AvgIpc) is 2.42. The maximum atomic E-state index is 4.23. The van der Waals surface area contributed by atoms with Gasteiger partial charge in [-0.15, -0.1) is 0 Å². The molecule has 1 aromatic heterocycles. The van der Waals surface area contributed by atoms with Crippen LogP contribution in [0.2, 0.25) is 0 Å². The van der Waals surface area contributed by atoms with Crippen LogP contribution in [0.25, 0.3) is 0 Å². The van der Waals surface area contributed by atoms with Gasteiger partial charge in [0.15, 0.2) is 0 Å². The highest BCUT2D eigenvalue weighted by Crippen LogP contribution is 2.19. The molecule has 0 fully saturated rings. The summed E-state index contributed by atoms with van der Waals surface area (Å²) in [6.07, 6.45) is 1.56. The van der Waals surface area contributed by atoms with Gasteiger partial charge in [-0.2, -0.15) is 0 Å². The van der Waals surface area contributed by atoms with Crippen LogP contribution < -0.4 is 16.0 Å². The average molecular weight is 257 g/mol. The van der Waals surface area contributed by atoms with Crippen molar-refractivity contribution in [3.05, 3.63) is 42.2 Å². The van der Waals surface area contributed by atoms with Crippen molar-refractivity contribution in [2.75, 3.05) is 30.8 Å². The molecule has 0 aliphatic heterocycles. The summed E-state index contributed by atoms with van der Waals surface area (Å²) in [5.74, 6) is 1.61. The Morgan fingerprint density at radius 2 is 1.84 bits per heavy atom. The van der Waals surface area contributed by atoms with Crippen LogP contribution in [-0.4, -0.2) is 30.1 Å². The first-order chi connectivity index (χ1) is 9.29. The monoisotopic (exact) mass is 257 g/mol. The molecule has 0 aliphatic rings. The molecule has 0 radical (unpaired) electrons. The number of hydrogen-bond acceptors (Lipinski definition) is 5. The van der Waals surface area contributed by atoms with Crippen LogP contribution in [0.3, 0.4) is 0 Å². The Bertz CT molecular complexity index is 527. The van der Waals surface area contributed by atoms with Crippen LogP contribution >= 0.6 is 0 Å². The molecule has 0 unspecified atom stereocenters. The summed E-state index contributed by atoms with van der Waals surface area (Å²) in [5.41, 5.74) is 2.24. The second kappa shape index (κ2) is 6.70. The van der Waals surface area contributed by atoms with Crippen LogP contribution in [0.15, 0.2) is 36.7 Å². The maximum Gasteiger partial charge on any atom is 0.135 e. The number of nitrogens with zero attached hydrogens (tertiary/aromatic N) is 2. The minimum absolute atomic E-state index is 0.788. The van der Waals surface area contributed by atoms with Crippen molar-refractivity contribution in [3.8, 4) is 0 Å². The summed E-state index contributed by atoms with van der Waals surface area (Å²) in [6.45, 7) is 3.79. The number of aromatic nitrogens is 2. The predicted octanol–water partition coefficient (Wildman–Crippen LogP) is 2.16.